The van der Waals surface area contributed by atoms with Crippen molar-refractivity contribution in [3.05, 3.63) is 30.7 Å². The predicted octanol–water partition coefficient (Wildman–Crippen LogP) is 1.60. The van der Waals surface area contributed by atoms with Crippen LogP contribution in [0.5, 0.6) is 0 Å². The molecule has 1 atom stereocenters. The number of aromatic nitrogens is 6. The van der Waals surface area contributed by atoms with Gasteiger partial charge in [0.05, 0.1) is 17.9 Å². The average molecular weight is 315 g/mol. The number of hydrogen-bond donors (Lipinski definition) is 1. The van der Waals surface area contributed by atoms with Gasteiger partial charge in [0.15, 0.2) is 11.5 Å². The molecule has 122 valence electrons. The van der Waals surface area contributed by atoms with Crippen LogP contribution in [-0.2, 0) is 24.9 Å². The molecule has 0 saturated carbocycles. The zero-order valence-electron chi connectivity index (χ0n) is 13.6. The lowest BCUT2D eigenvalue weighted by atomic mass is 10.2. The Kier molecular flexibility index (Phi) is 4.52. The molecule has 3 heterocycles. The van der Waals surface area contributed by atoms with Gasteiger partial charge < -0.3 is 14.6 Å². The molecule has 3 aromatic rings. The number of fused-ring (bicyclic) bond motifs is 1. The summed E-state index contributed by atoms with van der Waals surface area (Å²) in [6.07, 6.45) is 8.32. The van der Waals surface area contributed by atoms with Crippen molar-refractivity contribution >= 4 is 16.9 Å². The number of imidazole rings is 1. The third-order valence-corrected chi connectivity index (χ3v) is 3.74. The Morgan fingerprint density at radius 2 is 2.22 bits per heavy atom. The third kappa shape index (κ3) is 3.31. The first-order chi connectivity index (χ1) is 11.2. The van der Waals surface area contributed by atoms with E-state index in [-0.39, 0.29) is 6.04 Å². The van der Waals surface area contributed by atoms with Crippen LogP contribution in [0.4, 0.5) is 5.82 Å². The topological polar surface area (TPSA) is 82.7 Å². The molecule has 0 aliphatic carbocycles. The quantitative estimate of drug-likeness (QED) is 0.713. The summed E-state index contributed by atoms with van der Waals surface area (Å²) in [5, 5.41) is 8.71. The molecule has 8 nitrogen and oxygen atoms in total. The number of nitrogens with one attached hydrogen (secondary N) is 1. The Morgan fingerprint density at radius 3 is 2.91 bits per heavy atom. The van der Waals surface area contributed by atoms with E-state index in [9.17, 15) is 0 Å². The minimum Gasteiger partial charge on any atom is -0.377 e. The van der Waals surface area contributed by atoms with Crippen LogP contribution in [0.25, 0.3) is 11.0 Å². The van der Waals surface area contributed by atoms with Gasteiger partial charge in [-0.1, -0.05) is 6.92 Å². The van der Waals surface area contributed by atoms with Crippen LogP contribution >= 0.6 is 0 Å². The van der Waals surface area contributed by atoms with E-state index >= 15 is 0 Å². The number of methoxy groups -OCH3 is 1. The molecule has 0 bridgehead atoms. The van der Waals surface area contributed by atoms with Crippen LogP contribution < -0.4 is 5.32 Å². The Bertz CT molecular complexity index is 766. The molecule has 23 heavy (non-hydrogen) atoms. The van der Waals surface area contributed by atoms with Crippen LogP contribution in [0, 0.1) is 0 Å². The molecular formula is C15H21N7O. The van der Waals surface area contributed by atoms with E-state index in [0.717, 1.165) is 29.8 Å². The summed E-state index contributed by atoms with van der Waals surface area (Å²) in [5.41, 5.74) is 0.798. The number of anilines is 1. The van der Waals surface area contributed by atoms with Crippen LogP contribution in [0.15, 0.2) is 24.9 Å². The van der Waals surface area contributed by atoms with Crippen molar-refractivity contribution in [1.82, 2.24) is 29.3 Å². The summed E-state index contributed by atoms with van der Waals surface area (Å²) in [6.45, 7) is 3.34. The fourth-order valence-electron chi connectivity index (χ4n) is 2.49. The fraction of sp³-hybridized carbons (Fsp3) is 0.467. The predicted molar refractivity (Wildman–Crippen MR) is 86.9 cm³/mol. The van der Waals surface area contributed by atoms with Gasteiger partial charge in [0, 0.05) is 39.1 Å². The van der Waals surface area contributed by atoms with Crippen molar-refractivity contribution < 1.29 is 4.74 Å². The van der Waals surface area contributed by atoms with Crippen molar-refractivity contribution in [2.45, 2.75) is 32.5 Å². The zero-order chi connectivity index (χ0) is 16.2. The number of nitrogens with zero attached hydrogens (tertiary/aromatic N) is 6. The molecule has 8 heteroatoms. The van der Waals surface area contributed by atoms with Crippen molar-refractivity contribution in [2.75, 3.05) is 12.4 Å². The Hall–Kier alpha value is -2.48. The molecular weight excluding hydrogens is 294 g/mol. The second kappa shape index (κ2) is 6.74. The highest BCUT2D eigenvalue weighted by Gasteiger charge is 2.15. The maximum atomic E-state index is 5.17. The Morgan fingerprint density at radius 1 is 1.35 bits per heavy atom. The van der Waals surface area contributed by atoms with E-state index in [4.69, 9.17) is 4.74 Å². The summed E-state index contributed by atoms with van der Waals surface area (Å²) in [5.74, 6) is 1.44. The van der Waals surface area contributed by atoms with E-state index < -0.39 is 0 Å². The highest BCUT2D eigenvalue weighted by atomic mass is 16.5. The van der Waals surface area contributed by atoms with Crippen LogP contribution in [0.1, 0.15) is 19.2 Å². The fourth-order valence-corrected chi connectivity index (χ4v) is 2.49. The minimum absolute atomic E-state index is 0.234. The lowest BCUT2D eigenvalue weighted by Crippen LogP contribution is -2.25. The highest BCUT2D eigenvalue weighted by molar-refractivity contribution is 5.86. The first-order valence-electron chi connectivity index (χ1n) is 7.61. The summed E-state index contributed by atoms with van der Waals surface area (Å²) in [4.78, 5) is 13.2. The molecule has 0 aliphatic heterocycles. The second-order valence-corrected chi connectivity index (χ2v) is 5.44. The van der Waals surface area contributed by atoms with Crippen molar-refractivity contribution in [3.63, 3.8) is 0 Å². The molecule has 3 rings (SSSR count). The normalized spacial score (nSPS) is 12.7. The molecule has 3 aromatic heterocycles. The first-order valence-corrected chi connectivity index (χ1v) is 7.61. The average Bonchev–Trinajstić information content (AvgIpc) is 3.18. The molecule has 0 amide bonds. The SMILES string of the molecule is CC[C@@H](Cn1ccnc1)Nc1nc(COC)nc2c1cnn2C. The van der Waals surface area contributed by atoms with Crippen molar-refractivity contribution in [3.8, 4) is 0 Å². The summed E-state index contributed by atoms with van der Waals surface area (Å²) < 4.78 is 8.97. The number of aryl methyl sites for hydroxylation is 1. The summed E-state index contributed by atoms with van der Waals surface area (Å²) >= 11 is 0. The van der Waals surface area contributed by atoms with Crippen LogP contribution in [0.2, 0.25) is 0 Å². The Labute approximate surface area is 134 Å². The summed E-state index contributed by atoms with van der Waals surface area (Å²) in [6, 6.07) is 0.234. The number of ether oxygens (including phenoxy) is 1. The highest BCUT2D eigenvalue weighted by Crippen LogP contribution is 2.21. The number of rotatable bonds is 7. The molecule has 0 unspecified atom stereocenters. The van der Waals surface area contributed by atoms with Crippen LogP contribution in [0.3, 0.4) is 0 Å². The van der Waals surface area contributed by atoms with Crippen molar-refractivity contribution in [2.24, 2.45) is 7.05 Å². The summed E-state index contributed by atoms with van der Waals surface area (Å²) in [7, 11) is 3.51. The van der Waals surface area contributed by atoms with Gasteiger partial charge in [-0.25, -0.2) is 15.0 Å². The maximum absolute atomic E-state index is 5.17. The smallest absolute Gasteiger partial charge is 0.163 e. The van der Waals surface area contributed by atoms with E-state index in [1.807, 2.05) is 19.6 Å². The molecule has 1 N–H and O–H groups in total. The van der Waals surface area contributed by atoms with Gasteiger partial charge >= 0.3 is 0 Å². The molecule has 0 radical (unpaired) electrons. The van der Waals surface area contributed by atoms with Gasteiger partial charge in [-0.15, -0.1) is 0 Å². The molecule has 0 aliphatic rings. The van der Waals surface area contributed by atoms with Gasteiger partial charge in [-0.3, -0.25) is 4.68 Å². The third-order valence-electron chi connectivity index (χ3n) is 3.74. The first kappa shape index (κ1) is 15.4. The van der Waals surface area contributed by atoms with Crippen molar-refractivity contribution in [1.29, 1.82) is 0 Å². The second-order valence-electron chi connectivity index (χ2n) is 5.44. The van der Waals surface area contributed by atoms with E-state index in [0.29, 0.717) is 12.4 Å². The van der Waals surface area contributed by atoms with Gasteiger partial charge in [0.1, 0.15) is 12.4 Å². The number of hydrogen-bond acceptors (Lipinski definition) is 6. The van der Waals surface area contributed by atoms with E-state index in [2.05, 4.69) is 36.9 Å². The monoisotopic (exact) mass is 315 g/mol. The largest absolute Gasteiger partial charge is 0.377 e. The van der Waals surface area contributed by atoms with E-state index in [1.54, 1.807) is 24.2 Å². The molecule has 0 saturated heterocycles. The standard InChI is InChI=1S/C15H21N7O/c1-4-11(8-22-6-5-16-10-22)18-14-12-7-17-21(2)15(12)20-13(19-14)9-23-3/h5-7,10-11H,4,8-9H2,1-3H3,(H,18,19,20)/t11-/m0/s1. The zero-order valence-corrected chi connectivity index (χ0v) is 13.6. The van der Waals surface area contributed by atoms with Gasteiger partial charge in [0.25, 0.3) is 0 Å². The van der Waals surface area contributed by atoms with E-state index in [1.165, 1.54) is 0 Å². The molecule has 0 spiro atoms. The lowest BCUT2D eigenvalue weighted by molar-refractivity contribution is 0.178. The minimum atomic E-state index is 0.234. The molecule has 0 aromatic carbocycles. The van der Waals surface area contributed by atoms with Gasteiger partial charge in [-0.05, 0) is 6.42 Å². The maximum Gasteiger partial charge on any atom is 0.163 e. The molecule has 0 fully saturated rings. The Balaban J connectivity index is 1.90. The lowest BCUT2D eigenvalue weighted by Gasteiger charge is -2.19. The van der Waals surface area contributed by atoms with Crippen LogP contribution in [-0.4, -0.2) is 42.5 Å². The van der Waals surface area contributed by atoms with Gasteiger partial charge in [-0.2, -0.15) is 5.10 Å². The van der Waals surface area contributed by atoms with Gasteiger partial charge in [0.2, 0.25) is 0 Å².